The Kier molecular flexibility index (Phi) is 12.3. The zero-order valence-corrected chi connectivity index (χ0v) is 18.5. The molecule has 2 aromatic carbocycles. The number of benzene rings is 1. The molecule has 0 N–H and O–H groups in total. The molecule has 0 bridgehead atoms. The SMILES string of the molecule is C[Si](C)(Cc1cc2c([cH-]1)CCCC2)c1ccccc1.[Cl-].[Cl-].[Cl-].[Ti+4]. The predicted octanol–water partition coefficient (Wildman–Crippen LogP) is -5.01. The van der Waals surface area contributed by atoms with E-state index >= 15 is 0 Å². The first-order valence-corrected chi connectivity index (χ1v) is 10.7. The van der Waals surface area contributed by atoms with Gasteiger partial charge in [-0.2, -0.15) is 22.8 Å². The van der Waals surface area contributed by atoms with Gasteiger partial charge in [0.25, 0.3) is 0 Å². The van der Waals surface area contributed by atoms with Crippen LogP contribution in [0, 0.1) is 0 Å². The van der Waals surface area contributed by atoms with Crippen molar-refractivity contribution in [2.75, 3.05) is 0 Å². The summed E-state index contributed by atoms with van der Waals surface area (Å²) in [6.07, 6.45) is 5.39. The van der Waals surface area contributed by atoms with Gasteiger partial charge in [0.05, 0.1) is 8.07 Å². The van der Waals surface area contributed by atoms with Gasteiger partial charge in [-0.3, -0.25) is 0 Å². The third-order valence-corrected chi connectivity index (χ3v) is 7.66. The van der Waals surface area contributed by atoms with Crippen LogP contribution in [0.25, 0.3) is 0 Å². The molecule has 1 aliphatic carbocycles. The number of rotatable bonds is 3. The van der Waals surface area contributed by atoms with E-state index in [0.717, 1.165) is 0 Å². The van der Waals surface area contributed by atoms with Gasteiger partial charge in [0.1, 0.15) is 0 Å². The summed E-state index contributed by atoms with van der Waals surface area (Å²) in [4.78, 5) is 0. The van der Waals surface area contributed by atoms with Gasteiger partial charge in [0.2, 0.25) is 0 Å². The van der Waals surface area contributed by atoms with Gasteiger partial charge in [-0.05, 0) is 0 Å². The summed E-state index contributed by atoms with van der Waals surface area (Å²) in [5, 5.41) is 1.58. The van der Waals surface area contributed by atoms with Crippen molar-refractivity contribution < 1.29 is 58.9 Å². The molecule has 124 valence electrons. The molecule has 0 amide bonds. The summed E-state index contributed by atoms with van der Waals surface area (Å²) in [6, 6.07) is 17.4. The summed E-state index contributed by atoms with van der Waals surface area (Å²) >= 11 is 0. The molecule has 0 radical (unpaired) electrons. The summed E-state index contributed by atoms with van der Waals surface area (Å²) in [5.74, 6) is 0. The predicted molar refractivity (Wildman–Crippen MR) is 85.9 cm³/mol. The molecule has 23 heavy (non-hydrogen) atoms. The standard InChI is InChI=1S/C18H23Si.3ClH.Ti/c1-19(2,18-10-4-3-5-11-18)14-15-12-16-8-6-7-9-17(16)13-15;;;;/h3-5,10-13H,6-9,14H2,1-2H3;3*1H;/q-1;;;;+4/p-3. The van der Waals surface area contributed by atoms with E-state index in [0.29, 0.717) is 0 Å². The molecule has 3 rings (SSSR count). The summed E-state index contributed by atoms with van der Waals surface area (Å²) < 4.78 is 0. The number of aryl methyl sites for hydroxylation is 2. The summed E-state index contributed by atoms with van der Waals surface area (Å²) in [6.45, 7) is 4.99. The number of hydrogen-bond acceptors (Lipinski definition) is 0. The normalized spacial score (nSPS) is 12.6. The second-order valence-corrected chi connectivity index (χ2v) is 11.2. The van der Waals surface area contributed by atoms with Gasteiger partial charge in [0.15, 0.2) is 0 Å². The molecule has 2 aromatic rings. The molecule has 5 heteroatoms. The minimum absolute atomic E-state index is 0. The molecule has 0 nitrogen and oxygen atoms in total. The van der Waals surface area contributed by atoms with Crippen LogP contribution in [-0.4, -0.2) is 8.07 Å². The Hall–Kier alpha value is 0.371. The third kappa shape index (κ3) is 6.31. The van der Waals surface area contributed by atoms with E-state index in [-0.39, 0.29) is 58.9 Å². The maximum atomic E-state index is 2.49. The van der Waals surface area contributed by atoms with Crippen LogP contribution in [0.2, 0.25) is 13.1 Å². The number of fused-ring (bicyclic) bond motifs is 1. The molecule has 0 aromatic heterocycles. The quantitative estimate of drug-likeness (QED) is 0.344. The molecule has 0 saturated carbocycles. The topological polar surface area (TPSA) is 0 Å². The largest absolute Gasteiger partial charge is 4.00 e. The number of hydrogen-bond donors (Lipinski definition) is 0. The molecule has 0 saturated heterocycles. The zero-order valence-electron chi connectivity index (χ0n) is 13.7. The van der Waals surface area contributed by atoms with Crippen molar-refractivity contribution in [1.29, 1.82) is 0 Å². The Balaban J connectivity index is 0. The van der Waals surface area contributed by atoms with Crippen molar-refractivity contribution in [3.63, 3.8) is 0 Å². The fraction of sp³-hybridized carbons (Fsp3) is 0.389. The van der Waals surface area contributed by atoms with Gasteiger partial charge >= 0.3 is 21.7 Å². The van der Waals surface area contributed by atoms with Crippen molar-refractivity contribution in [2.24, 2.45) is 0 Å². The Morgan fingerprint density at radius 3 is 2.17 bits per heavy atom. The Labute approximate surface area is 175 Å². The fourth-order valence-corrected chi connectivity index (χ4v) is 5.90. The van der Waals surface area contributed by atoms with Crippen LogP contribution in [0.3, 0.4) is 0 Å². The first kappa shape index (κ1) is 25.6. The minimum Gasteiger partial charge on any atom is -1.00 e. The maximum Gasteiger partial charge on any atom is 4.00 e. The van der Waals surface area contributed by atoms with E-state index in [4.69, 9.17) is 0 Å². The van der Waals surface area contributed by atoms with Crippen LogP contribution >= 0.6 is 0 Å². The van der Waals surface area contributed by atoms with E-state index in [1.807, 2.05) is 0 Å². The van der Waals surface area contributed by atoms with Gasteiger partial charge < -0.3 is 37.2 Å². The third-order valence-electron chi connectivity index (χ3n) is 4.48. The van der Waals surface area contributed by atoms with Gasteiger partial charge in [0, 0.05) is 0 Å². The first-order chi connectivity index (χ1) is 9.15. The van der Waals surface area contributed by atoms with E-state index in [1.165, 1.54) is 31.7 Å². The van der Waals surface area contributed by atoms with Gasteiger partial charge in [-0.25, -0.2) is 6.07 Å². The Morgan fingerprint density at radius 1 is 0.957 bits per heavy atom. The first-order valence-electron chi connectivity index (χ1n) is 7.48. The molecule has 0 fully saturated rings. The molecular weight excluding hydrogens is 399 g/mol. The average Bonchev–Trinajstić information content (AvgIpc) is 2.81. The van der Waals surface area contributed by atoms with Crippen LogP contribution in [0.15, 0.2) is 42.5 Å². The summed E-state index contributed by atoms with van der Waals surface area (Å²) in [5.41, 5.74) is 4.87. The summed E-state index contributed by atoms with van der Waals surface area (Å²) in [7, 11) is -1.33. The molecule has 0 atom stereocenters. The Morgan fingerprint density at radius 2 is 1.57 bits per heavy atom. The minimum atomic E-state index is -1.33. The van der Waals surface area contributed by atoms with Crippen molar-refractivity contribution in [3.8, 4) is 0 Å². The number of halogens is 3. The molecule has 1 aliphatic rings. The molecule has 0 aliphatic heterocycles. The fourth-order valence-electron chi connectivity index (χ4n) is 3.37. The second-order valence-electron chi connectivity index (χ2n) is 6.55. The molecule has 0 spiro atoms. The maximum absolute atomic E-state index is 2.49. The van der Waals surface area contributed by atoms with Crippen molar-refractivity contribution in [3.05, 3.63) is 59.2 Å². The monoisotopic (exact) mass is 420 g/mol. The van der Waals surface area contributed by atoms with Crippen molar-refractivity contribution in [2.45, 2.75) is 44.8 Å². The zero-order chi connectivity index (χ0) is 13.3. The van der Waals surface area contributed by atoms with Crippen molar-refractivity contribution >= 4 is 13.3 Å². The van der Waals surface area contributed by atoms with E-state index in [9.17, 15) is 0 Å². The molecule has 0 heterocycles. The molecular formula is C18H23Cl3SiTi. The van der Waals surface area contributed by atoms with E-state index in [1.54, 1.807) is 21.9 Å². The smallest absolute Gasteiger partial charge is 1.00 e. The van der Waals surface area contributed by atoms with E-state index in [2.05, 4.69) is 55.6 Å². The van der Waals surface area contributed by atoms with Crippen LogP contribution in [0.5, 0.6) is 0 Å². The van der Waals surface area contributed by atoms with Gasteiger partial charge in [-0.1, -0.05) is 80.3 Å². The van der Waals surface area contributed by atoms with Gasteiger partial charge in [-0.15, -0.1) is 0 Å². The Bertz CT molecular complexity index is 543. The van der Waals surface area contributed by atoms with Crippen molar-refractivity contribution in [1.82, 2.24) is 0 Å². The van der Waals surface area contributed by atoms with Crippen LogP contribution in [0.4, 0.5) is 0 Å². The average molecular weight is 422 g/mol. The van der Waals surface area contributed by atoms with Crippen LogP contribution in [-0.2, 0) is 40.6 Å². The van der Waals surface area contributed by atoms with Crippen LogP contribution in [0.1, 0.15) is 29.5 Å². The molecule has 0 unspecified atom stereocenters. The second kappa shape index (κ2) is 11.1. The van der Waals surface area contributed by atoms with E-state index < -0.39 is 8.07 Å². The van der Waals surface area contributed by atoms with Crippen LogP contribution < -0.4 is 42.4 Å².